The van der Waals surface area contributed by atoms with Gasteiger partial charge in [-0.1, -0.05) is 115 Å². The van der Waals surface area contributed by atoms with Crippen LogP contribution in [0.15, 0.2) is 161 Å². The van der Waals surface area contributed by atoms with Gasteiger partial charge in [0.05, 0.1) is 26.2 Å². The van der Waals surface area contributed by atoms with Crippen molar-refractivity contribution in [3.05, 3.63) is 174 Å². The van der Waals surface area contributed by atoms with Crippen LogP contribution in [0.5, 0.6) is 0 Å². The van der Waals surface area contributed by atoms with E-state index in [1.807, 2.05) is 91.0 Å². The maximum atomic E-state index is 14.5. The fourth-order valence-electron chi connectivity index (χ4n) is 6.81. The molecular weight excluding hydrogens is 522 g/mol. The second-order valence-electron chi connectivity index (χ2n) is 10.5. The van der Waals surface area contributed by atoms with Gasteiger partial charge in [-0.15, -0.1) is 0 Å². The zero-order valence-corrected chi connectivity index (χ0v) is 22.9. The van der Waals surface area contributed by atoms with Gasteiger partial charge in [0.15, 0.2) is 0 Å². The van der Waals surface area contributed by atoms with Gasteiger partial charge in [-0.3, -0.25) is 0 Å². The van der Waals surface area contributed by atoms with E-state index in [1.54, 1.807) is 6.07 Å². The predicted octanol–water partition coefficient (Wildman–Crippen LogP) is 8.31. The minimum atomic E-state index is -3.83. The zero-order chi connectivity index (χ0) is 27.6. The summed E-state index contributed by atoms with van der Waals surface area (Å²) in [5.74, 6) is 0. The van der Waals surface area contributed by atoms with Crippen LogP contribution in [0.2, 0.25) is 0 Å². The van der Waals surface area contributed by atoms with Crippen LogP contribution < -0.4 is 0 Å². The smallest absolute Gasteiger partial charge is 0.207 e. The fourth-order valence-corrected chi connectivity index (χ4v) is 8.58. The lowest BCUT2D eigenvalue weighted by molar-refractivity contribution is 0.579. The molecule has 0 saturated carbocycles. The van der Waals surface area contributed by atoms with Crippen LogP contribution in [0.3, 0.4) is 0 Å². The molecule has 0 bridgehead atoms. The molecule has 0 saturated heterocycles. The molecule has 7 aromatic rings. The van der Waals surface area contributed by atoms with Gasteiger partial charge in [0.25, 0.3) is 0 Å². The molecule has 0 radical (unpaired) electrons. The molecule has 0 unspecified atom stereocenters. The molecule has 8 rings (SSSR count). The highest BCUT2D eigenvalue weighted by Crippen LogP contribution is 2.54. The number of fused-ring (bicyclic) bond motifs is 5. The van der Waals surface area contributed by atoms with Gasteiger partial charge in [0, 0.05) is 16.5 Å². The molecule has 3 nitrogen and oxygen atoms in total. The second-order valence-corrected chi connectivity index (χ2v) is 12.4. The van der Waals surface area contributed by atoms with Gasteiger partial charge in [-0.2, -0.15) is 0 Å². The van der Waals surface area contributed by atoms with E-state index in [0.29, 0.717) is 9.79 Å². The Labute approximate surface area is 238 Å². The molecule has 0 N–H and O–H groups in total. The standard InChI is InChI=1S/C37H25NO2S/c39-41(40)35-23-13-11-21-31(35)37(26-14-4-1-5-15-26,27-16-6-2-7-17-27)32-24-30-29-20-10-12-22-33(29)38(34(30)25-36(32)41)28-18-8-3-9-19-28/h1-25H. The monoisotopic (exact) mass is 547 g/mol. The Morgan fingerprint density at radius 2 is 1.02 bits per heavy atom. The average Bonchev–Trinajstić information content (AvgIpc) is 3.36. The van der Waals surface area contributed by atoms with Gasteiger partial charge in [-0.25, -0.2) is 8.42 Å². The molecule has 2 heterocycles. The summed E-state index contributed by atoms with van der Waals surface area (Å²) in [4.78, 5) is 0.693. The average molecular weight is 548 g/mol. The third-order valence-electron chi connectivity index (χ3n) is 8.48. The van der Waals surface area contributed by atoms with Crippen molar-refractivity contribution < 1.29 is 8.42 Å². The molecule has 0 aliphatic carbocycles. The maximum Gasteiger partial charge on any atom is 0.207 e. The molecule has 41 heavy (non-hydrogen) atoms. The largest absolute Gasteiger partial charge is 0.309 e. The minimum Gasteiger partial charge on any atom is -0.309 e. The number of benzene rings is 6. The quantitative estimate of drug-likeness (QED) is 0.223. The first-order valence-corrected chi connectivity index (χ1v) is 15.2. The van der Waals surface area contributed by atoms with E-state index < -0.39 is 15.3 Å². The summed E-state index contributed by atoms with van der Waals surface area (Å²) in [6, 6.07) is 50.6. The summed E-state index contributed by atoms with van der Waals surface area (Å²) in [5, 5.41) is 2.11. The van der Waals surface area contributed by atoms with Gasteiger partial charge < -0.3 is 4.57 Å². The van der Waals surface area contributed by atoms with Crippen LogP contribution in [0.25, 0.3) is 27.5 Å². The van der Waals surface area contributed by atoms with Crippen molar-refractivity contribution in [1.29, 1.82) is 0 Å². The summed E-state index contributed by atoms with van der Waals surface area (Å²) in [6.45, 7) is 0. The Morgan fingerprint density at radius 3 is 1.71 bits per heavy atom. The molecule has 1 aromatic heterocycles. The number of para-hydroxylation sites is 2. The van der Waals surface area contributed by atoms with Gasteiger partial charge in [0.2, 0.25) is 9.84 Å². The van der Waals surface area contributed by atoms with E-state index in [1.165, 1.54) is 0 Å². The van der Waals surface area contributed by atoms with E-state index in [4.69, 9.17) is 0 Å². The molecule has 196 valence electrons. The number of nitrogens with zero attached hydrogens (tertiary/aromatic N) is 1. The second kappa shape index (κ2) is 8.79. The van der Waals surface area contributed by atoms with E-state index >= 15 is 0 Å². The third kappa shape index (κ3) is 3.22. The molecule has 1 aliphatic heterocycles. The van der Waals surface area contributed by atoms with Crippen molar-refractivity contribution in [2.24, 2.45) is 0 Å². The topological polar surface area (TPSA) is 39.1 Å². The summed E-state index contributed by atoms with van der Waals surface area (Å²) >= 11 is 0. The van der Waals surface area contributed by atoms with Crippen molar-refractivity contribution >= 4 is 31.6 Å². The molecule has 0 amide bonds. The first-order valence-electron chi connectivity index (χ1n) is 13.7. The van der Waals surface area contributed by atoms with Crippen LogP contribution in [-0.4, -0.2) is 13.0 Å². The predicted molar refractivity (Wildman–Crippen MR) is 165 cm³/mol. The van der Waals surface area contributed by atoms with Crippen LogP contribution in [0, 0.1) is 0 Å². The number of hydrogen-bond acceptors (Lipinski definition) is 2. The molecule has 1 aliphatic rings. The Hall–Kier alpha value is -4.93. The summed E-state index contributed by atoms with van der Waals surface area (Å²) in [5.41, 5.74) is 5.67. The van der Waals surface area contributed by atoms with Gasteiger partial charge >= 0.3 is 0 Å². The summed E-state index contributed by atoms with van der Waals surface area (Å²) in [6.07, 6.45) is 0. The molecular formula is C37H25NO2S. The number of rotatable bonds is 3. The fraction of sp³-hybridized carbons (Fsp3) is 0.0270. The van der Waals surface area contributed by atoms with Crippen molar-refractivity contribution in [3.63, 3.8) is 0 Å². The highest BCUT2D eigenvalue weighted by atomic mass is 32.2. The molecule has 6 aromatic carbocycles. The zero-order valence-electron chi connectivity index (χ0n) is 22.1. The van der Waals surface area contributed by atoms with E-state index in [-0.39, 0.29) is 0 Å². The van der Waals surface area contributed by atoms with Crippen molar-refractivity contribution in [3.8, 4) is 5.69 Å². The first kappa shape index (κ1) is 23.9. The van der Waals surface area contributed by atoms with Crippen molar-refractivity contribution in [2.75, 3.05) is 0 Å². The molecule has 0 fully saturated rings. The lowest BCUT2D eigenvalue weighted by Crippen LogP contribution is -2.37. The van der Waals surface area contributed by atoms with Crippen LogP contribution in [-0.2, 0) is 15.3 Å². The number of hydrogen-bond donors (Lipinski definition) is 0. The Bertz CT molecular complexity index is 2160. The summed E-state index contributed by atoms with van der Waals surface area (Å²) in [7, 11) is -3.83. The Balaban J connectivity index is 1.62. The Kier molecular flexibility index (Phi) is 5.12. The minimum absolute atomic E-state index is 0.344. The molecule has 4 heteroatoms. The lowest BCUT2D eigenvalue weighted by atomic mass is 9.64. The maximum absolute atomic E-state index is 14.5. The normalized spacial score (nSPS) is 14.9. The number of sulfone groups is 1. The van der Waals surface area contributed by atoms with Crippen LogP contribution in [0.1, 0.15) is 22.3 Å². The van der Waals surface area contributed by atoms with Crippen molar-refractivity contribution in [2.45, 2.75) is 15.2 Å². The van der Waals surface area contributed by atoms with Gasteiger partial charge in [-0.05, 0) is 58.7 Å². The van der Waals surface area contributed by atoms with E-state index in [2.05, 4.69) is 59.2 Å². The van der Waals surface area contributed by atoms with E-state index in [9.17, 15) is 8.42 Å². The van der Waals surface area contributed by atoms with Crippen LogP contribution >= 0.6 is 0 Å². The SMILES string of the molecule is O=S1(=O)c2ccccc2C(c2ccccc2)(c2ccccc2)c2cc3c4ccccc4n(-c4ccccc4)c3cc21. The van der Waals surface area contributed by atoms with Crippen molar-refractivity contribution in [1.82, 2.24) is 4.57 Å². The molecule has 0 spiro atoms. The molecule has 0 atom stereocenters. The highest BCUT2D eigenvalue weighted by Gasteiger charge is 2.49. The van der Waals surface area contributed by atoms with Gasteiger partial charge in [0.1, 0.15) is 0 Å². The first-order chi connectivity index (χ1) is 20.1. The third-order valence-corrected chi connectivity index (χ3v) is 10.3. The highest BCUT2D eigenvalue weighted by molar-refractivity contribution is 7.91. The summed E-state index contributed by atoms with van der Waals surface area (Å²) < 4.78 is 31.3. The number of aromatic nitrogens is 1. The Morgan fingerprint density at radius 1 is 0.463 bits per heavy atom. The van der Waals surface area contributed by atoms with Crippen LogP contribution in [0.4, 0.5) is 0 Å². The van der Waals surface area contributed by atoms with E-state index in [0.717, 1.165) is 49.7 Å². The lowest BCUT2D eigenvalue weighted by Gasteiger charge is -2.41.